The highest BCUT2D eigenvalue weighted by molar-refractivity contribution is 7.89. The zero-order chi connectivity index (χ0) is 15.5. The summed E-state index contributed by atoms with van der Waals surface area (Å²) in [7, 11) is -3.55. The minimum Gasteiger partial charge on any atom is -0.447 e. The van der Waals surface area contributed by atoms with Crippen molar-refractivity contribution in [1.82, 2.24) is 10.0 Å². The van der Waals surface area contributed by atoms with Gasteiger partial charge >= 0.3 is 0 Å². The summed E-state index contributed by atoms with van der Waals surface area (Å²) in [6, 6.07) is 3.26. The van der Waals surface area contributed by atoms with E-state index in [0.717, 1.165) is 32.2 Å². The van der Waals surface area contributed by atoms with Crippen molar-refractivity contribution < 1.29 is 12.8 Å². The molecule has 0 aliphatic heterocycles. The lowest BCUT2D eigenvalue weighted by Gasteiger charge is -2.34. The molecule has 0 unspecified atom stereocenters. The number of rotatable bonds is 6. The van der Waals surface area contributed by atoms with Gasteiger partial charge in [-0.15, -0.1) is 0 Å². The van der Waals surface area contributed by atoms with Crippen LogP contribution in [0.5, 0.6) is 0 Å². The minimum absolute atomic E-state index is 0.0141. The van der Waals surface area contributed by atoms with Gasteiger partial charge in [-0.25, -0.2) is 13.1 Å². The van der Waals surface area contributed by atoms with Crippen molar-refractivity contribution in [3.8, 4) is 0 Å². The van der Waals surface area contributed by atoms with Crippen molar-refractivity contribution in [3.05, 3.63) is 17.9 Å². The van der Waals surface area contributed by atoms with Crippen LogP contribution in [-0.2, 0) is 16.6 Å². The summed E-state index contributed by atoms with van der Waals surface area (Å²) in [5.74, 6) is 0.641. The monoisotopic (exact) mass is 314 g/mol. The molecular weight excluding hydrogens is 288 g/mol. The molecule has 0 radical (unpaired) electrons. The molecule has 0 saturated heterocycles. The SMILES string of the molecule is CCNCc1ccc(S(=O)(=O)NC2CCC(C)(C)CC2)o1. The van der Waals surface area contributed by atoms with Crippen molar-refractivity contribution in [2.75, 3.05) is 6.54 Å². The van der Waals surface area contributed by atoms with Gasteiger partial charge in [0.25, 0.3) is 10.0 Å². The van der Waals surface area contributed by atoms with Crippen molar-refractivity contribution in [1.29, 1.82) is 0 Å². The Kier molecular flexibility index (Phi) is 5.11. The Labute approximate surface area is 127 Å². The summed E-state index contributed by atoms with van der Waals surface area (Å²) in [6.45, 7) is 7.82. The lowest BCUT2D eigenvalue weighted by atomic mass is 9.76. The Bertz CT molecular complexity index is 553. The van der Waals surface area contributed by atoms with Crippen molar-refractivity contribution in [2.45, 2.75) is 64.1 Å². The predicted octanol–water partition coefficient (Wildman–Crippen LogP) is 2.64. The Balaban J connectivity index is 1.97. The number of sulfonamides is 1. The molecule has 0 bridgehead atoms. The quantitative estimate of drug-likeness (QED) is 0.847. The molecule has 1 fully saturated rings. The van der Waals surface area contributed by atoms with Gasteiger partial charge in [0.05, 0.1) is 6.54 Å². The highest BCUT2D eigenvalue weighted by atomic mass is 32.2. The first-order valence-corrected chi connectivity index (χ1v) is 9.12. The molecule has 6 heteroatoms. The van der Waals surface area contributed by atoms with Crippen LogP contribution < -0.4 is 10.0 Å². The molecule has 1 aliphatic rings. The van der Waals surface area contributed by atoms with E-state index in [1.165, 1.54) is 6.07 Å². The third kappa shape index (κ3) is 4.56. The predicted molar refractivity (Wildman–Crippen MR) is 82.4 cm³/mol. The van der Waals surface area contributed by atoms with Crippen molar-refractivity contribution in [3.63, 3.8) is 0 Å². The highest BCUT2D eigenvalue weighted by Gasteiger charge is 2.30. The van der Waals surface area contributed by atoms with Gasteiger partial charge in [0, 0.05) is 6.04 Å². The van der Waals surface area contributed by atoms with Gasteiger partial charge in [-0.1, -0.05) is 20.8 Å². The number of hydrogen-bond acceptors (Lipinski definition) is 4. The van der Waals surface area contributed by atoms with E-state index in [-0.39, 0.29) is 11.1 Å². The molecule has 2 rings (SSSR count). The summed E-state index contributed by atoms with van der Waals surface area (Å²) in [5.41, 5.74) is 0.325. The van der Waals surface area contributed by atoms with Gasteiger partial charge in [-0.3, -0.25) is 0 Å². The maximum Gasteiger partial charge on any atom is 0.274 e. The molecular formula is C15H26N2O3S. The first-order valence-electron chi connectivity index (χ1n) is 7.64. The molecule has 2 N–H and O–H groups in total. The van der Waals surface area contributed by atoms with E-state index >= 15 is 0 Å². The van der Waals surface area contributed by atoms with Gasteiger partial charge in [0.1, 0.15) is 5.76 Å². The number of hydrogen-bond donors (Lipinski definition) is 2. The lowest BCUT2D eigenvalue weighted by Crippen LogP contribution is -2.39. The summed E-state index contributed by atoms with van der Waals surface area (Å²) >= 11 is 0. The van der Waals surface area contributed by atoms with Crippen LogP contribution in [0.2, 0.25) is 0 Å². The Morgan fingerprint density at radius 2 is 1.95 bits per heavy atom. The molecule has 1 aromatic rings. The first-order chi connectivity index (χ1) is 9.82. The third-order valence-electron chi connectivity index (χ3n) is 4.11. The molecule has 1 heterocycles. The molecule has 1 aromatic heterocycles. The maximum absolute atomic E-state index is 12.3. The van der Waals surface area contributed by atoms with Crippen LogP contribution in [0.1, 0.15) is 52.2 Å². The minimum atomic E-state index is -3.55. The van der Waals surface area contributed by atoms with Crippen LogP contribution in [0.25, 0.3) is 0 Å². The maximum atomic E-state index is 12.3. The molecule has 0 spiro atoms. The molecule has 0 atom stereocenters. The zero-order valence-electron chi connectivity index (χ0n) is 13.1. The van der Waals surface area contributed by atoms with E-state index in [1.54, 1.807) is 6.07 Å². The largest absolute Gasteiger partial charge is 0.447 e. The summed E-state index contributed by atoms with van der Waals surface area (Å²) in [5, 5.41) is 3.12. The van der Waals surface area contributed by atoms with Crippen LogP contribution in [-0.4, -0.2) is 21.0 Å². The average Bonchev–Trinajstić information content (AvgIpc) is 2.88. The smallest absolute Gasteiger partial charge is 0.274 e. The fourth-order valence-electron chi connectivity index (χ4n) is 2.64. The summed E-state index contributed by atoms with van der Waals surface area (Å²) < 4.78 is 32.8. The van der Waals surface area contributed by atoms with E-state index in [0.29, 0.717) is 17.7 Å². The van der Waals surface area contributed by atoms with E-state index in [1.807, 2.05) is 6.92 Å². The molecule has 0 aromatic carbocycles. The van der Waals surface area contributed by atoms with Crippen LogP contribution in [0.15, 0.2) is 21.6 Å². The van der Waals surface area contributed by atoms with Gasteiger partial charge in [-0.05, 0) is 49.8 Å². The Morgan fingerprint density at radius 3 is 2.57 bits per heavy atom. The third-order valence-corrected chi connectivity index (χ3v) is 5.50. The van der Waals surface area contributed by atoms with Gasteiger partial charge in [0.15, 0.2) is 0 Å². The highest BCUT2D eigenvalue weighted by Crippen LogP contribution is 2.35. The summed E-state index contributed by atoms with van der Waals surface area (Å²) in [6.07, 6.45) is 3.86. The fourth-order valence-corrected chi connectivity index (χ4v) is 3.90. The van der Waals surface area contributed by atoms with E-state index in [9.17, 15) is 8.42 Å². The molecule has 5 nitrogen and oxygen atoms in total. The second-order valence-electron chi connectivity index (χ2n) is 6.56. The summed E-state index contributed by atoms with van der Waals surface area (Å²) in [4.78, 5) is 0. The molecule has 120 valence electrons. The van der Waals surface area contributed by atoms with Gasteiger partial charge < -0.3 is 9.73 Å². The van der Waals surface area contributed by atoms with Crippen LogP contribution >= 0.6 is 0 Å². The second kappa shape index (κ2) is 6.50. The Hall–Kier alpha value is -0.850. The standard InChI is InChI=1S/C15H26N2O3S/c1-4-16-11-13-5-6-14(20-13)21(18,19)17-12-7-9-15(2,3)10-8-12/h5-6,12,16-17H,4,7-11H2,1-3H3. The zero-order valence-corrected chi connectivity index (χ0v) is 13.9. The first kappa shape index (κ1) is 16.5. The topological polar surface area (TPSA) is 71.3 Å². The molecule has 1 saturated carbocycles. The Morgan fingerprint density at radius 1 is 1.29 bits per heavy atom. The lowest BCUT2D eigenvalue weighted by molar-refractivity contribution is 0.217. The average molecular weight is 314 g/mol. The van der Waals surface area contributed by atoms with Gasteiger partial charge in [0.2, 0.25) is 5.09 Å². The molecule has 0 amide bonds. The van der Waals surface area contributed by atoms with E-state index in [4.69, 9.17) is 4.42 Å². The van der Waals surface area contributed by atoms with Crippen molar-refractivity contribution >= 4 is 10.0 Å². The van der Waals surface area contributed by atoms with Crippen LogP contribution in [0.3, 0.4) is 0 Å². The van der Waals surface area contributed by atoms with Crippen LogP contribution in [0.4, 0.5) is 0 Å². The van der Waals surface area contributed by atoms with Crippen molar-refractivity contribution in [2.24, 2.45) is 5.41 Å². The fraction of sp³-hybridized carbons (Fsp3) is 0.733. The normalized spacial score (nSPS) is 19.8. The number of nitrogens with one attached hydrogen (secondary N) is 2. The number of furan rings is 1. The molecule has 21 heavy (non-hydrogen) atoms. The van der Waals surface area contributed by atoms with Gasteiger partial charge in [-0.2, -0.15) is 0 Å². The van der Waals surface area contributed by atoms with E-state index < -0.39 is 10.0 Å². The van der Waals surface area contributed by atoms with E-state index in [2.05, 4.69) is 23.9 Å². The molecule has 1 aliphatic carbocycles. The second-order valence-corrected chi connectivity index (χ2v) is 8.21. The van der Waals surface area contributed by atoms with Crippen LogP contribution in [0, 0.1) is 5.41 Å².